The van der Waals surface area contributed by atoms with Gasteiger partial charge in [-0.05, 0) is 25.7 Å². The smallest absolute Gasteiger partial charge is 0.376 e. The molecule has 17 heavy (non-hydrogen) atoms. The third kappa shape index (κ3) is 3.84. The lowest BCUT2D eigenvalue weighted by molar-refractivity contribution is 0.0504. The standard InChI is InChI=1S/C12H21N3O2/c1-6-17-11(16)10-14-13-9(2)15(10)8-7-12(3,4)5/h6-8H2,1-5H3. The molecule has 1 rings (SSSR count). The van der Waals surface area contributed by atoms with Crippen molar-refractivity contribution in [2.45, 2.75) is 47.6 Å². The number of aryl methyl sites for hydroxylation is 1. The fourth-order valence-corrected chi connectivity index (χ4v) is 1.44. The number of aromatic nitrogens is 3. The van der Waals surface area contributed by atoms with Crippen LogP contribution in [0.4, 0.5) is 0 Å². The molecule has 0 saturated heterocycles. The summed E-state index contributed by atoms with van der Waals surface area (Å²) in [7, 11) is 0. The molecule has 0 radical (unpaired) electrons. The van der Waals surface area contributed by atoms with Gasteiger partial charge in [-0.25, -0.2) is 4.79 Å². The van der Waals surface area contributed by atoms with E-state index in [-0.39, 0.29) is 5.41 Å². The maximum atomic E-state index is 11.7. The lowest BCUT2D eigenvalue weighted by Crippen LogP contribution is -2.17. The Hall–Kier alpha value is -1.39. The van der Waals surface area contributed by atoms with Gasteiger partial charge in [0.1, 0.15) is 5.82 Å². The topological polar surface area (TPSA) is 57.0 Å². The third-order valence-electron chi connectivity index (χ3n) is 2.48. The summed E-state index contributed by atoms with van der Waals surface area (Å²) in [5.41, 5.74) is 0.211. The van der Waals surface area contributed by atoms with E-state index >= 15 is 0 Å². The van der Waals surface area contributed by atoms with E-state index in [1.807, 2.05) is 11.5 Å². The van der Waals surface area contributed by atoms with Crippen LogP contribution >= 0.6 is 0 Å². The van der Waals surface area contributed by atoms with E-state index in [1.165, 1.54) is 0 Å². The summed E-state index contributed by atoms with van der Waals surface area (Å²) in [6.07, 6.45) is 0.957. The van der Waals surface area contributed by atoms with Crippen LogP contribution in [0.2, 0.25) is 0 Å². The van der Waals surface area contributed by atoms with E-state index < -0.39 is 5.97 Å². The maximum Gasteiger partial charge on any atom is 0.376 e. The molecule has 0 bridgehead atoms. The van der Waals surface area contributed by atoms with E-state index in [1.54, 1.807) is 6.92 Å². The van der Waals surface area contributed by atoms with Gasteiger partial charge >= 0.3 is 5.97 Å². The molecule has 0 N–H and O–H groups in total. The zero-order chi connectivity index (χ0) is 13.1. The van der Waals surface area contributed by atoms with Gasteiger partial charge in [0.2, 0.25) is 5.82 Å². The van der Waals surface area contributed by atoms with Gasteiger partial charge in [0.05, 0.1) is 6.61 Å². The Morgan fingerprint density at radius 1 is 1.35 bits per heavy atom. The van der Waals surface area contributed by atoms with Gasteiger partial charge < -0.3 is 9.30 Å². The van der Waals surface area contributed by atoms with Crippen LogP contribution in [0.15, 0.2) is 0 Å². The number of nitrogens with zero attached hydrogens (tertiary/aromatic N) is 3. The lowest BCUT2D eigenvalue weighted by atomic mass is 9.92. The molecule has 5 nitrogen and oxygen atoms in total. The number of carbonyl (C=O) groups excluding carboxylic acids is 1. The van der Waals surface area contributed by atoms with Crippen molar-refractivity contribution in [2.24, 2.45) is 5.41 Å². The SMILES string of the molecule is CCOC(=O)c1nnc(C)n1CCC(C)(C)C. The summed E-state index contributed by atoms with van der Waals surface area (Å²) in [5.74, 6) is 0.646. The van der Waals surface area contributed by atoms with Gasteiger partial charge in [-0.3, -0.25) is 0 Å². The highest BCUT2D eigenvalue weighted by atomic mass is 16.5. The zero-order valence-electron chi connectivity index (χ0n) is 11.3. The Bertz CT molecular complexity index is 391. The van der Waals surface area contributed by atoms with Gasteiger partial charge in [-0.15, -0.1) is 10.2 Å². The first kappa shape index (κ1) is 13.7. The number of rotatable bonds is 4. The molecule has 1 aromatic heterocycles. The Balaban J connectivity index is 2.83. The van der Waals surface area contributed by atoms with Gasteiger partial charge in [0.25, 0.3) is 0 Å². The Labute approximate surface area is 102 Å². The highest BCUT2D eigenvalue weighted by Crippen LogP contribution is 2.20. The first-order valence-corrected chi connectivity index (χ1v) is 5.92. The molecule has 5 heteroatoms. The van der Waals surface area contributed by atoms with Crippen LogP contribution in [0.5, 0.6) is 0 Å². The Kier molecular flexibility index (Phi) is 4.26. The molecule has 0 aliphatic heterocycles. The van der Waals surface area contributed by atoms with Crippen LogP contribution in [0, 0.1) is 12.3 Å². The van der Waals surface area contributed by atoms with Crippen molar-refractivity contribution in [1.29, 1.82) is 0 Å². The summed E-state index contributed by atoms with van der Waals surface area (Å²) < 4.78 is 6.77. The first-order chi connectivity index (χ1) is 7.85. The molecular formula is C12H21N3O2. The average Bonchev–Trinajstić information content (AvgIpc) is 2.56. The summed E-state index contributed by atoms with van der Waals surface area (Å²) >= 11 is 0. The number of hydrogen-bond donors (Lipinski definition) is 0. The van der Waals surface area contributed by atoms with Crippen molar-refractivity contribution in [3.8, 4) is 0 Å². The van der Waals surface area contributed by atoms with E-state index in [4.69, 9.17) is 4.74 Å². The second kappa shape index (κ2) is 5.29. The maximum absolute atomic E-state index is 11.7. The van der Waals surface area contributed by atoms with E-state index in [9.17, 15) is 4.79 Å². The number of hydrogen-bond acceptors (Lipinski definition) is 4. The van der Waals surface area contributed by atoms with Gasteiger partial charge in [0.15, 0.2) is 0 Å². The first-order valence-electron chi connectivity index (χ1n) is 5.92. The summed E-state index contributed by atoms with van der Waals surface area (Å²) in [6, 6.07) is 0. The number of ether oxygens (including phenoxy) is 1. The molecule has 0 aromatic carbocycles. The van der Waals surface area contributed by atoms with Crippen LogP contribution in [-0.2, 0) is 11.3 Å². The largest absolute Gasteiger partial charge is 0.460 e. The molecular weight excluding hydrogens is 218 g/mol. The molecule has 0 atom stereocenters. The predicted octanol–water partition coefficient (Wildman–Crippen LogP) is 2.20. The molecule has 0 amide bonds. The predicted molar refractivity (Wildman–Crippen MR) is 64.8 cm³/mol. The van der Waals surface area contributed by atoms with Crippen molar-refractivity contribution in [3.63, 3.8) is 0 Å². The van der Waals surface area contributed by atoms with Crippen molar-refractivity contribution in [2.75, 3.05) is 6.61 Å². The van der Waals surface area contributed by atoms with E-state index in [0.717, 1.165) is 18.8 Å². The molecule has 1 heterocycles. The molecule has 0 aliphatic carbocycles. The molecule has 1 aromatic rings. The van der Waals surface area contributed by atoms with Crippen molar-refractivity contribution >= 4 is 5.97 Å². The summed E-state index contributed by atoms with van der Waals surface area (Å²) in [6.45, 7) is 11.2. The van der Waals surface area contributed by atoms with Crippen LogP contribution in [0.1, 0.15) is 50.6 Å². The number of esters is 1. The van der Waals surface area contributed by atoms with Crippen LogP contribution in [-0.4, -0.2) is 27.3 Å². The molecule has 0 saturated carbocycles. The monoisotopic (exact) mass is 239 g/mol. The Morgan fingerprint density at radius 2 is 2.00 bits per heavy atom. The second-order valence-corrected chi connectivity index (χ2v) is 5.25. The second-order valence-electron chi connectivity index (χ2n) is 5.25. The van der Waals surface area contributed by atoms with Crippen molar-refractivity contribution < 1.29 is 9.53 Å². The minimum Gasteiger partial charge on any atom is -0.460 e. The minimum atomic E-state index is -0.401. The summed E-state index contributed by atoms with van der Waals surface area (Å²) in [4.78, 5) is 11.7. The van der Waals surface area contributed by atoms with Crippen LogP contribution < -0.4 is 0 Å². The lowest BCUT2D eigenvalue weighted by Gasteiger charge is -2.19. The average molecular weight is 239 g/mol. The normalized spacial score (nSPS) is 11.6. The zero-order valence-corrected chi connectivity index (χ0v) is 11.3. The van der Waals surface area contributed by atoms with Crippen molar-refractivity contribution in [3.05, 3.63) is 11.6 Å². The molecule has 0 aliphatic rings. The highest BCUT2D eigenvalue weighted by molar-refractivity contribution is 5.85. The van der Waals surface area contributed by atoms with Gasteiger partial charge in [-0.2, -0.15) is 0 Å². The summed E-state index contributed by atoms with van der Waals surface area (Å²) in [5, 5.41) is 7.81. The van der Waals surface area contributed by atoms with E-state index in [2.05, 4.69) is 31.0 Å². The minimum absolute atomic E-state index is 0.211. The third-order valence-corrected chi connectivity index (χ3v) is 2.48. The molecule has 0 spiro atoms. The number of carbonyl (C=O) groups is 1. The van der Waals surface area contributed by atoms with Gasteiger partial charge in [-0.1, -0.05) is 20.8 Å². The fourth-order valence-electron chi connectivity index (χ4n) is 1.44. The molecule has 0 unspecified atom stereocenters. The fraction of sp³-hybridized carbons (Fsp3) is 0.750. The van der Waals surface area contributed by atoms with E-state index in [0.29, 0.717) is 12.4 Å². The quantitative estimate of drug-likeness (QED) is 0.756. The molecule has 0 fully saturated rings. The highest BCUT2D eigenvalue weighted by Gasteiger charge is 2.19. The van der Waals surface area contributed by atoms with Crippen LogP contribution in [0.3, 0.4) is 0 Å². The Morgan fingerprint density at radius 3 is 2.53 bits per heavy atom. The molecule has 96 valence electrons. The van der Waals surface area contributed by atoms with Gasteiger partial charge in [0, 0.05) is 6.54 Å². The van der Waals surface area contributed by atoms with Crippen molar-refractivity contribution in [1.82, 2.24) is 14.8 Å². The van der Waals surface area contributed by atoms with Crippen LogP contribution in [0.25, 0.3) is 0 Å².